The van der Waals surface area contributed by atoms with Crippen molar-refractivity contribution in [1.82, 2.24) is 9.97 Å². The zero-order valence-electron chi connectivity index (χ0n) is 17.5. The number of fused-ring (bicyclic) bond motifs is 1. The van der Waals surface area contributed by atoms with E-state index in [1.807, 2.05) is 48.5 Å². The topological polar surface area (TPSA) is 87.3 Å². The van der Waals surface area contributed by atoms with Crippen LogP contribution in [0.3, 0.4) is 0 Å². The van der Waals surface area contributed by atoms with Gasteiger partial charge in [-0.1, -0.05) is 24.3 Å². The van der Waals surface area contributed by atoms with Gasteiger partial charge in [-0.15, -0.1) is 0 Å². The lowest BCUT2D eigenvalue weighted by molar-refractivity contribution is -0.121. The summed E-state index contributed by atoms with van der Waals surface area (Å²) in [4.78, 5) is 34.5. The SMILES string of the molecule is COc1ccc(N2C(=O)CC(Nc3ccc(Cc4nc5ccccc5[nH]4)cc3)C2=O)cc1. The van der Waals surface area contributed by atoms with Crippen molar-refractivity contribution in [3.05, 3.63) is 84.2 Å². The zero-order valence-corrected chi connectivity index (χ0v) is 17.5. The third-order valence-electron chi connectivity index (χ3n) is 5.58. The maximum absolute atomic E-state index is 12.9. The third kappa shape index (κ3) is 3.80. The fraction of sp³-hybridized carbons (Fsp3) is 0.160. The maximum atomic E-state index is 12.9. The molecule has 5 rings (SSSR count). The second kappa shape index (κ2) is 8.19. The van der Waals surface area contributed by atoms with E-state index in [0.29, 0.717) is 17.9 Å². The number of hydrogen-bond acceptors (Lipinski definition) is 5. The number of amides is 2. The van der Waals surface area contributed by atoms with E-state index in [2.05, 4.69) is 15.3 Å². The highest BCUT2D eigenvalue weighted by Crippen LogP contribution is 2.27. The Bertz CT molecular complexity index is 1250. The summed E-state index contributed by atoms with van der Waals surface area (Å²) >= 11 is 0. The highest BCUT2D eigenvalue weighted by molar-refractivity contribution is 6.23. The number of rotatable bonds is 6. The number of para-hydroxylation sites is 2. The molecule has 0 radical (unpaired) electrons. The number of imidazole rings is 1. The number of methoxy groups -OCH3 is 1. The molecule has 0 bridgehead atoms. The lowest BCUT2D eigenvalue weighted by atomic mass is 10.1. The van der Waals surface area contributed by atoms with Gasteiger partial charge in [-0.2, -0.15) is 0 Å². The number of anilines is 2. The number of ether oxygens (including phenoxy) is 1. The first-order chi connectivity index (χ1) is 15.6. The molecule has 160 valence electrons. The van der Waals surface area contributed by atoms with Crippen LogP contribution in [0.1, 0.15) is 17.8 Å². The van der Waals surface area contributed by atoms with Crippen LogP contribution in [0.4, 0.5) is 11.4 Å². The molecule has 3 aromatic carbocycles. The van der Waals surface area contributed by atoms with Gasteiger partial charge in [0.15, 0.2) is 0 Å². The standard InChI is InChI=1S/C25H22N4O3/c1-32-19-12-10-18(11-13-19)29-24(30)15-22(25(29)31)26-17-8-6-16(7-9-17)14-23-27-20-4-2-3-5-21(20)28-23/h2-13,22,26H,14-15H2,1H3,(H,27,28). The Morgan fingerprint density at radius 3 is 2.50 bits per heavy atom. The van der Waals surface area contributed by atoms with Crippen molar-refractivity contribution in [1.29, 1.82) is 0 Å². The number of aromatic nitrogens is 2. The molecule has 0 saturated carbocycles. The highest BCUT2D eigenvalue weighted by atomic mass is 16.5. The smallest absolute Gasteiger partial charge is 0.256 e. The first-order valence-electron chi connectivity index (χ1n) is 10.4. The molecule has 1 saturated heterocycles. The number of hydrogen-bond donors (Lipinski definition) is 2. The molecular formula is C25H22N4O3. The van der Waals surface area contributed by atoms with E-state index in [4.69, 9.17) is 4.74 Å². The summed E-state index contributed by atoms with van der Waals surface area (Å²) in [7, 11) is 1.57. The third-order valence-corrected chi connectivity index (χ3v) is 5.58. The molecule has 32 heavy (non-hydrogen) atoms. The van der Waals surface area contributed by atoms with Crippen molar-refractivity contribution in [2.75, 3.05) is 17.3 Å². The molecule has 0 spiro atoms. The number of benzene rings is 3. The number of H-pyrrole nitrogens is 1. The lowest BCUT2D eigenvalue weighted by Crippen LogP contribution is -2.34. The van der Waals surface area contributed by atoms with Crippen molar-refractivity contribution in [2.45, 2.75) is 18.9 Å². The normalized spacial score (nSPS) is 16.0. The summed E-state index contributed by atoms with van der Waals surface area (Å²) in [6, 6.07) is 22.1. The van der Waals surface area contributed by atoms with E-state index >= 15 is 0 Å². The van der Waals surface area contributed by atoms with Crippen LogP contribution in [0.15, 0.2) is 72.8 Å². The van der Waals surface area contributed by atoms with Gasteiger partial charge in [-0.25, -0.2) is 9.88 Å². The molecule has 1 aliphatic rings. The molecule has 7 nitrogen and oxygen atoms in total. The molecule has 2 amide bonds. The number of carbonyl (C=O) groups excluding carboxylic acids is 2. The zero-order chi connectivity index (χ0) is 22.1. The fourth-order valence-electron chi connectivity index (χ4n) is 3.95. The van der Waals surface area contributed by atoms with Crippen LogP contribution in [-0.4, -0.2) is 34.9 Å². The Balaban J connectivity index is 1.25. The molecule has 1 aromatic heterocycles. The Kier molecular flexibility index (Phi) is 5.07. The van der Waals surface area contributed by atoms with Gasteiger partial charge in [-0.3, -0.25) is 9.59 Å². The van der Waals surface area contributed by atoms with Crippen molar-refractivity contribution in [3.8, 4) is 5.75 Å². The predicted octanol–water partition coefficient (Wildman–Crippen LogP) is 3.91. The first-order valence-corrected chi connectivity index (χ1v) is 10.4. The molecule has 0 aliphatic carbocycles. The number of aromatic amines is 1. The summed E-state index contributed by atoms with van der Waals surface area (Å²) in [6.45, 7) is 0. The van der Waals surface area contributed by atoms with Crippen LogP contribution in [0.2, 0.25) is 0 Å². The van der Waals surface area contributed by atoms with Crippen molar-refractivity contribution in [2.24, 2.45) is 0 Å². The van der Waals surface area contributed by atoms with Crippen LogP contribution < -0.4 is 15.0 Å². The number of imide groups is 1. The summed E-state index contributed by atoms with van der Waals surface area (Å²) < 4.78 is 5.14. The van der Waals surface area contributed by atoms with E-state index < -0.39 is 6.04 Å². The van der Waals surface area contributed by atoms with Crippen LogP contribution in [-0.2, 0) is 16.0 Å². The molecule has 2 N–H and O–H groups in total. The van der Waals surface area contributed by atoms with E-state index in [-0.39, 0.29) is 18.2 Å². The van der Waals surface area contributed by atoms with Crippen molar-refractivity contribution >= 4 is 34.2 Å². The Labute approximate surface area is 185 Å². The van der Waals surface area contributed by atoms with Gasteiger partial charge < -0.3 is 15.0 Å². The molecule has 7 heteroatoms. The lowest BCUT2D eigenvalue weighted by Gasteiger charge is -2.16. The molecule has 1 unspecified atom stereocenters. The van der Waals surface area contributed by atoms with Crippen LogP contribution >= 0.6 is 0 Å². The molecule has 4 aromatic rings. The minimum absolute atomic E-state index is 0.117. The molecular weight excluding hydrogens is 404 g/mol. The number of nitrogens with zero attached hydrogens (tertiary/aromatic N) is 2. The van der Waals surface area contributed by atoms with Crippen LogP contribution in [0, 0.1) is 0 Å². The van der Waals surface area contributed by atoms with E-state index in [1.54, 1.807) is 31.4 Å². The summed E-state index contributed by atoms with van der Waals surface area (Å²) in [5, 5.41) is 3.20. The molecule has 1 fully saturated rings. The second-order valence-electron chi connectivity index (χ2n) is 7.74. The summed E-state index contributed by atoms with van der Waals surface area (Å²) in [6.07, 6.45) is 0.798. The van der Waals surface area contributed by atoms with Gasteiger partial charge in [0.2, 0.25) is 5.91 Å². The molecule has 1 atom stereocenters. The average molecular weight is 426 g/mol. The van der Waals surface area contributed by atoms with Gasteiger partial charge in [0.25, 0.3) is 5.91 Å². The monoisotopic (exact) mass is 426 g/mol. The average Bonchev–Trinajstić information content (AvgIpc) is 3.34. The second-order valence-corrected chi connectivity index (χ2v) is 7.74. The van der Waals surface area contributed by atoms with Crippen LogP contribution in [0.5, 0.6) is 5.75 Å². The van der Waals surface area contributed by atoms with Gasteiger partial charge >= 0.3 is 0 Å². The van der Waals surface area contributed by atoms with Gasteiger partial charge in [-0.05, 0) is 54.1 Å². The van der Waals surface area contributed by atoms with E-state index in [1.165, 1.54) is 4.90 Å². The Hall–Kier alpha value is -4.13. The first kappa shape index (κ1) is 19.8. The minimum atomic E-state index is -0.592. The van der Waals surface area contributed by atoms with E-state index in [9.17, 15) is 9.59 Å². The van der Waals surface area contributed by atoms with Crippen molar-refractivity contribution in [3.63, 3.8) is 0 Å². The molecule has 2 heterocycles. The largest absolute Gasteiger partial charge is 0.497 e. The number of nitrogens with one attached hydrogen (secondary N) is 2. The minimum Gasteiger partial charge on any atom is -0.497 e. The Morgan fingerprint density at radius 1 is 1.03 bits per heavy atom. The summed E-state index contributed by atoms with van der Waals surface area (Å²) in [5.41, 5.74) is 4.41. The quantitative estimate of drug-likeness (QED) is 0.457. The van der Waals surface area contributed by atoms with Gasteiger partial charge in [0.05, 0.1) is 30.3 Å². The highest BCUT2D eigenvalue weighted by Gasteiger charge is 2.39. The van der Waals surface area contributed by atoms with Gasteiger partial charge in [0.1, 0.15) is 17.6 Å². The molecule has 1 aliphatic heterocycles. The summed E-state index contributed by atoms with van der Waals surface area (Å²) in [5.74, 6) is 1.09. The van der Waals surface area contributed by atoms with Gasteiger partial charge in [0, 0.05) is 12.1 Å². The Morgan fingerprint density at radius 2 is 1.78 bits per heavy atom. The van der Waals surface area contributed by atoms with Crippen molar-refractivity contribution < 1.29 is 14.3 Å². The van der Waals surface area contributed by atoms with Crippen LogP contribution in [0.25, 0.3) is 11.0 Å². The van der Waals surface area contributed by atoms with E-state index in [0.717, 1.165) is 28.1 Å². The maximum Gasteiger partial charge on any atom is 0.256 e. The fourth-order valence-corrected chi connectivity index (χ4v) is 3.95. The predicted molar refractivity (Wildman–Crippen MR) is 123 cm³/mol. The number of carbonyl (C=O) groups is 2.